The van der Waals surface area contributed by atoms with Crippen LogP contribution >= 0.6 is 0 Å². The van der Waals surface area contributed by atoms with E-state index < -0.39 is 15.8 Å². The van der Waals surface area contributed by atoms with Gasteiger partial charge in [0.2, 0.25) is 0 Å². The zero-order valence-electron chi connectivity index (χ0n) is 16.5. The molecule has 0 amide bonds. The fourth-order valence-corrected chi connectivity index (χ4v) is 4.16. The minimum absolute atomic E-state index is 0.0144. The van der Waals surface area contributed by atoms with Gasteiger partial charge < -0.3 is 9.14 Å². The van der Waals surface area contributed by atoms with Gasteiger partial charge in [-0.1, -0.05) is 12.1 Å². The number of halogens is 1. The van der Waals surface area contributed by atoms with Crippen LogP contribution in [0.15, 0.2) is 71.9 Å². The molecule has 154 valence electrons. The first-order chi connectivity index (χ1) is 14.4. The predicted molar refractivity (Wildman–Crippen MR) is 114 cm³/mol. The third-order valence-electron chi connectivity index (χ3n) is 4.54. The summed E-state index contributed by atoms with van der Waals surface area (Å²) in [5.41, 5.74) is 3.74. The molecule has 2 aromatic heterocycles. The Morgan fingerprint density at radius 2 is 1.97 bits per heavy atom. The van der Waals surface area contributed by atoms with E-state index in [-0.39, 0.29) is 17.3 Å². The molecule has 0 fully saturated rings. The molecule has 0 aliphatic heterocycles. The Kier molecular flexibility index (Phi) is 5.17. The summed E-state index contributed by atoms with van der Waals surface area (Å²) in [5, 5.41) is 0. The summed E-state index contributed by atoms with van der Waals surface area (Å²) >= 11 is 0. The number of hydrogen-bond acceptors (Lipinski definition) is 4. The van der Waals surface area contributed by atoms with E-state index in [0.29, 0.717) is 11.4 Å². The summed E-state index contributed by atoms with van der Waals surface area (Å²) in [7, 11) is -3.97. The molecule has 0 spiro atoms. The maximum absolute atomic E-state index is 14.1. The van der Waals surface area contributed by atoms with Crippen LogP contribution in [0.25, 0.3) is 16.9 Å². The molecular weight excluding hydrogens is 405 g/mol. The molecule has 0 atom stereocenters. The molecule has 0 radical (unpaired) electrons. The Bertz CT molecular complexity index is 1330. The van der Waals surface area contributed by atoms with Gasteiger partial charge in [-0.25, -0.2) is 17.8 Å². The average molecular weight is 425 g/mol. The number of pyridine rings is 1. The van der Waals surface area contributed by atoms with E-state index in [1.54, 1.807) is 25.1 Å². The lowest BCUT2D eigenvalue weighted by molar-refractivity contribution is 0.321. The van der Waals surface area contributed by atoms with Crippen LogP contribution in [0.3, 0.4) is 0 Å². The van der Waals surface area contributed by atoms with E-state index >= 15 is 0 Å². The van der Waals surface area contributed by atoms with Crippen molar-refractivity contribution < 1.29 is 17.5 Å². The highest BCUT2D eigenvalue weighted by atomic mass is 32.2. The Labute approximate surface area is 174 Å². The average Bonchev–Trinajstić information content (AvgIpc) is 3.13. The van der Waals surface area contributed by atoms with Crippen molar-refractivity contribution >= 4 is 21.4 Å². The van der Waals surface area contributed by atoms with Crippen LogP contribution in [-0.4, -0.2) is 24.4 Å². The molecule has 0 bridgehead atoms. The molecule has 0 aliphatic carbocycles. The van der Waals surface area contributed by atoms with E-state index in [4.69, 9.17) is 4.74 Å². The molecular formula is C22H20FN3O3S. The van der Waals surface area contributed by atoms with Crippen molar-refractivity contribution in [1.29, 1.82) is 0 Å². The molecule has 2 aromatic carbocycles. The highest BCUT2D eigenvalue weighted by Crippen LogP contribution is 2.26. The fourth-order valence-electron chi connectivity index (χ4n) is 3.10. The Hall–Kier alpha value is -3.39. The summed E-state index contributed by atoms with van der Waals surface area (Å²) in [6.45, 7) is 4.01. The highest BCUT2D eigenvalue weighted by Gasteiger charge is 2.17. The summed E-state index contributed by atoms with van der Waals surface area (Å²) in [6.07, 6.45) is 3.80. The summed E-state index contributed by atoms with van der Waals surface area (Å²) < 4.78 is 49.0. The van der Waals surface area contributed by atoms with E-state index in [1.807, 2.05) is 41.9 Å². The van der Waals surface area contributed by atoms with Crippen LogP contribution in [0.2, 0.25) is 0 Å². The van der Waals surface area contributed by atoms with Crippen LogP contribution in [0.5, 0.6) is 5.75 Å². The number of ether oxygens (including phenoxy) is 1. The van der Waals surface area contributed by atoms with Gasteiger partial charge in [0.15, 0.2) is 11.6 Å². The van der Waals surface area contributed by atoms with Gasteiger partial charge in [0.25, 0.3) is 10.0 Å². The van der Waals surface area contributed by atoms with Crippen molar-refractivity contribution in [3.63, 3.8) is 0 Å². The van der Waals surface area contributed by atoms with E-state index in [1.165, 1.54) is 12.1 Å². The Balaban J connectivity index is 1.62. The quantitative estimate of drug-likeness (QED) is 0.488. The number of aryl methyl sites for hydroxylation is 1. The third-order valence-corrected chi connectivity index (χ3v) is 5.92. The first kappa shape index (κ1) is 19.9. The summed E-state index contributed by atoms with van der Waals surface area (Å²) in [4.78, 5) is 4.42. The predicted octanol–water partition coefficient (Wildman–Crippen LogP) is 4.65. The number of sulfonamides is 1. The van der Waals surface area contributed by atoms with Crippen molar-refractivity contribution in [2.24, 2.45) is 0 Å². The van der Waals surface area contributed by atoms with Crippen molar-refractivity contribution in [1.82, 2.24) is 9.38 Å². The first-order valence-electron chi connectivity index (χ1n) is 9.37. The number of hydrogen-bond donors (Lipinski definition) is 1. The second-order valence-corrected chi connectivity index (χ2v) is 8.49. The van der Waals surface area contributed by atoms with Crippen LogP contribution in [-0.2, 0) is 10.0 Å². The molecule has 8 heteroatoms. The topological polar surface area (TPSA) is 72.7 Å². The van der Waals surface area contributed by atoms with Gasteiger partial charge in [-0.3, -0.25) is 4.72 Å². The number of aromatic nitrogens is 2. The molecule has 30 heavy (non-hydrogen) atoms. The number of anilines is 1. The number of benzene rings is 2. The van der Waals surface area contributed by atoms with Crippen LogP contribution in [0, 0.1) is 12.7 Å². The minimum atomic E-state index is -3.97. The van der Waals surface area contributed by atoms with E-state index in [2.05, 4.69) is 9.71 Å². The number of imidazole rings is 1. The van der Waals surface area contributed by atoms with Crippen LogP contribution < -0.4 is 9.46 Å². The Morgan fingerprint density at radius 3 is 2.73 bits per heavy atom. The highest BCUT2D eigenvalue weighted by molar-refractivity contribution is 7.92. The molecule has 4 rings (SSSR count). The van der Waals surface area contributed by atoms with Gasteiger partial charge in [0, 0.05) is 23.6 Å². The summed E-state index contributed by atoms with van der Waals surface area (Å²) in [5.74, 6) is -0.714. The third kappa shape index (κ3) is 3.99. The molecule has 6 nitrogen and oxygen atoms in total. The van der Waals surface area contributed by atoms with Crippen LogP contribution in [0.4, 0.5) is 10.1 Å². The van der Waals surface area contributed by atoms with E-state index in [0.717, 1.165) is 22.8 Å². The van der Waals surface area contributed by atoms with Crippen LogP contribution in [0.1, 0.15) is 12.5 Å². The standard InChI is InChI=1S/C22H20FN3O3S/c1-3-29-21-8-7-18(13-19(21)23)30(27,28)25-17-6-4-5-16(12-17)20-14-26-10-9-15(2)11-22(26)24-20/h4-14,25H,3H2,1-2H3. The fraction of sp³-hybridized carbons (Fsp3) is 0.136. The molecule has 0 saturated carbocycles. The second-order valence-electron chi connectivity index (χ2n) is 6.81. The maximum Gasteiger partial charge on any atom is 0.262 e. The first-order valence-corrected chi connectivity index (χ1v) is 10.8. The number of fused-ring (bicyclic) bond motifs is 1. The van der Waals surface area contributed by atoms with Gasteiger partial charge in [-0.05, 0) is 61.9 Å². The lowest BCUT2D eigenvalue weighted by atomic mass is 10.1. The van der Waals surface area contributed by atoms with Crippen molar-refractivity contribution in [2.75, 3.05) is 11.3 Å². The van der Waals surface area contributed by atoms with Gasteiger partial charge in [0.05, 0.1) is 17.2 Å². The van der Waals surface area contributed by atoms with Gasteiger partial charge in [-0.15, -0.1) is 0 Å². The SMILES string of the molecule is CCOc1ccc(S(=O)(=O)Nc2cccc(-c3cn4ccc(C)cc4n3)c2)cc1F. The molecule has 0 unspecified atom stereocenters. The lowest BCUT2D eigenvalue weighted by Crippen LogP contribution is -2.13. The monoisotopic (exact) mass is 425 g/mol. The number of nitrogens with one attached hydrogen (secondary N) is 1. The Morgan fingerprint density at radius 1 is 1.13 bits per heavy atom. The molecule has 0 saturated heterocycles. The zero-order valence-corrected chi connectivity index (χ0v) is 17.3. The molecule has 2 heterocycles. The van der Waals surface area contributed by atoms with Gasteiger partial charge in [-0.2, -0.15) is 0 Å². The van der Waals surface area contributed by atoms with Crippen molar-refractivity contribution in [2.45, 2.75) is 18.7 Å². The minimum Gasteiger partial charge on any atom is -0.491 e. The van der Waals surface area contributed by atoms with E-state index in [9.17, 15) is 12.8 Å². The second kappa shape index (κ2) is 7.79. The van der Waals surface area contributed by atoms with Crippen molar-refractivity contribution in [3.05, 3.63) is 78.4 Å². The largest absolute Gasteiger partial charge is 0.491 e. The zero-order chi connectivity index (χ0) is 21.3. The normalized spacial score (nSPS) is 11.6. The molecule has 0 aliphatic rings. The van der Waals surface area contributed by atoms with Gasteiger partial charge >= 0.3 is 0 Å². The molecule has 1 N–H and O–H groups in total. The number of rotatable bonds is 6. The maximum atomic E-state index is 14.1. The smallest absolute Gasteiger partial charge is 0.262 e. The number of nitrogens with zero attached hydrogens (tertiary/aromatic N) is 2. The lowest BCUT2D eigenvalue weighted by Gasteiger charge is -2.10. The molecule has 4 aromatic rings. The van der Waals surface area contributed by atoms with Crippen molar-refractivity contribution in [3.8, 4) is 17.0 Å². The van der Waals surface area contributed by atoms with Gasteiger partial charge in [0.1, 0.15) is 5.65 Å². The summed E-state index contributed by atoms with van der Waals surface area (Å²) in [6, 6.07) is 14.4.